The maximum absolute atomic E-state index is 12.7. The molecule has 4 nitrogen and oxygen atoms in total. The summed E-state index contributed by atoms with van der Waals surface area (Å²) < 4.78 is 13.1. The highest BCUT2D eigenvalue weighted by molar-refractivity contribution is 9.10. The number of nitrogens with one attached hydrogen (secondary N) is 1. The monoisotopic (exact) mass is 324 g/mol. The molecular weight excluding hydrogens is 315 g/mol. The Kier molecular flexibility index (Phi) is 4.21. The second-order valence-electron chi connectivity index (χ2n) is 3.92. The Labute approximate surface area is 116 Å². The van der Waals surface area contributed by atoms with Gasteiger partial charge in [-0.15, -0.1) is 0 Å². The minimum atomic E-state index is -0.379. The van der Waals surface area contributed by atoms with Gasteiger partial charge < -0.3 is 4.98 Å². The normalized spacial score (nSPS) is 10.4. The van der Waals surface area contributed by atoms with Gasteiger partial charge in [0.15, 0.2) is 5.78 Å². The second kappa shape index (κ2) is 5.88. The molecule has 0 aliphatic carbocycles. The lowest BCUT2D eigenvalue weighted by Crippen LogP contribution is -2.12. The van der Waals surface area contributed by atoms with Crippen LogP contribution in [0.3, 0.4) is 0 Å². The zero-order valence-electron chi connectivity index (χ0n) is 9.82. The molecule has 6 heteroatoms. The lowest BCUT2D eigenvalue weighted by atomic mass is 10.1. The number of rotatable bonds is 4. The maximum atomic E-state index is 12.7. The quantitative estimate of drug-likeness (QED) is 0.879. The Morgan fingerprint density at radius 2 is 2.00 bits per heavy atom. The highest BCUT2D eigenvalue weighted by Crippen LogP contribution is 2.12. The first kappa shape index (κ1) is 13.6. The van der Waals surface area contributed by atoms with Gasteiger partial charge in [-0.1, -0.05) is 0 Å². The number of H-pyrrole nitrogens is 1. The van der Waals surface area contributed by atoms with Gasteiger partial charge in [0.05, 0.1) is 12.0 Å². The molecule has 0 amide bonds. The van der Waals surface area contributed by atoms with E-state index in [1.54, 1.807) is 0 Å². The number of aromatic nitrogens is 2. The largest absolute Gasteiger partial charge is 0.312 e. The lowest BCUT2D eigenvalue weighted by Gasteiger charge is -2.02. The third kappa shape index (κ3) is 3.35. The number of carbonyl (C=O) groups excluding carboxylic acids is 1. The highest BCUT2D eigenvalue weighted by atomic mass is 79.9. The number of hydrogen-bond donors (Lipinski definition) is 1. The predicted molar refractivity (Wildman–Crippen MR) is 71.6 cm³/mol. The molecule has 0 fully saturated rings. The number of aryl methyl sites for hydroxylation is 1. The zero-order valence-corrected chi connectivity index (χ0v) is 11.4. The molecule has 0 atom stereocenters. The fourth-order valence-electron chi connectivity index (χ4n) is 1.61. The fourth-order valence-corrected chi connectivity index (χ4v) is 2.02. The van der Waals surface area contributed by atoms with Gasteiger partial charge in [0.2, 0.25) is 0 Å². The van der Waals surface area contributed by atoms with Crippen LogP contribution in [-0.2, 0) is 6.42 Å². The Balaban J connectivity index is 2.06. The molecule has 0 unspecified atom stereocenters. The first-order chi connectivity index (χ1) is 9.08. The summed E-state index contributed by atoms with van der Waals surface area (Å²) in [6.45, 7) is 0. The molecule has 0 saturated carbocycles. The molecule has 0 saturated heterocycles. The summed E-state index contributed by atoms with van der Waals surface area (Å²) in [4.78, 5) is 29.6. The number of Topliss-reactive ketones (excluding diaryl/α,β-unsaturated/α-hetero) is 1. The van der Waals surface area contributed by atoms with Crippen molar-refractivity contribution in [1.82, 2.24) is 9.97 Å². The van der Waals surface area contributed by atoms with Gasteiger partial charge in [-0.3, -0.25) is 9.59 Å². The average molecular weight is 325 g/mol. The number of halogens is 2. The van der Waals surface area contributed by atoms with Crippen molar-refractivity contribution in [3.8, 4) is 0 Å². The third-order valence-electron chi connectivity index (χ3n) is 2.62. The molecule has 2 aromatic rings. The van der Waals surface area contributed by atoms with E-state index in [0.29, 0.717) is 22.2 Å². The average Bonchev–Trinajstić information content (AvgIpc) is 2.41. The summed E-state index contributed by atoms with van der Waals surface area (Å²) in [5.74, 6) is -0.496. The SMILES string of the molecule is O=C(CCc1nc[nH]c(=O)c1Br)c1ccc(F)cc1. The summed E-state index contributed by atoms with van der Waals surface area (Å²) >= 11 is 3.13. The minimum absolute atomic E-state index is 0.117. The van der Waals surface area contributed by atoms with Crippen molar-refractivity contribution < 1.29 is 9.18 Å². The van der Waals surface area contributed by atoms with E-state index in [2.05, 4.69) is 25.9 Å². The van der Waals surface area contributed by atoms with Gasteiger partial charge in [-0.25, -0.2) is 9.37 Å². The van der Waals surface area contributed by atoms with Crippen LogP contribution in [0.25, 0.3) is 0 Å². The highest BCUT2D eigenvalue weighted by Gasteiger charge is 2.10. The van der Waals surface area contributed by atoms with Gasteiger partial charge in [0.1, 0.15) is 10.3 Å². The van der Waals surface area contributed by atoms with Crippen molar-refractivity contribution in [3.63, 3.8) is 0 Å². The molecule has 1 heterocycles. The van der Waals surface area contributed by atoms with Gasteiger partial charge in [-0.05, 0) is 46.6 Å². The molecule has 0 aliphatic rings. The fraction of sp³-hybridized carbons (Fsp3) is 0.154. The van der Waals surface area contributed by atoms with Crippen molar-refractivity contribution in [2.45, 2.75) is 12.8 Å². The molecule has 0 bridgehead atoms. The van der Waals surface area contributed by atoms with E-state index in [9.17, 15) is 14.0 Å². The minimum Gasteiger partial charge on any atom is -0.312 e. The van der Waals surface area contributed by atoms with E-state index in [-0.39, 0.29) is 23.6 Å². The molecule has 1 N–H and O–H groups in total. The van der Waals surface area contributed by atoms with Gasteiger partial charge >= 0.3 is 0 Å². The summed E-state index contributed by atoms with van der Waals surface area (Å²) in [5.41, 5.74) is 0.695. The molecule has 1 aromatic carbocycles. The second-order valence-corrected chi connectivity index (χ2v) is 4.72. The molecular formula is C13H10BrFN2O2. The van der Waals surface area contributed by atoms with E-state index < -0.39 is 0 Å². The number of hydrogen-bond acceptors (Lipinski definition) is 3. The Bertz CT molecular complexity index is 652. The van der Waals surface area contributed by atoms with E-state index in [1.165, 1.54) is 30.6 Å². The summed E-state index contributed by atoms with van der Waals surface area (Å²) in [6.07, 6.45) is 1.85. The van der Waals surface area contributed by atoms with Crippen molar-refractivity contribution in [1.29, 1.82) is 0 Å². The smallest absolute Gasteiger partial charge is 0.265 e. The Morgan fingerprint density at radius 1 is 1.32 bits per heavy atom. The number of carbonyl (C=O) groups is 1. The third-order valence-corrected chi connectivity index (χ3v) is 3.44. The van der Waals surface area contributed by atoms with Gasteiger partial charge in [-0.2, -0.15) is 0 Å². The number of benzene rings is 1. The Morgan fingerprint density at radius 3 is 2.68 bits per heavy atom. The lowest BCUT2D eigenvalue weighted by molar-refractivity contribution is 0.0982. The van der Waals surface area contributed by atoms with E-state index in [0.717, 1.165) is 0 Å². The van der Waals surface area contributed by atoms with Crippen LogP contribution in [0.2, 0.25) is 0 Å². The van der Waals surface area contributed by atoms with Crippen molar-refractivity contribution >= 4 is 21.7 Å². The van der Waals surface area contributed by atoms with E-state index in [1.807, 2.05) is 0 Å². The molecule has 0 aliphatic heterocycles. The Hall–Kier alpha value is -1.82. The molecule has 0 spiro atoms. The standard InChI is InChI=1S/C13H10BrFN2O2/c14-12-10(16-7-17-13(12)19)5-6-11(18)8-1-3-9(15)4-2-8/h1-4,7H,5-6H2,(H,16,17,19). The molecule has 2 rings (SSSR count). The van der Waals surface area contributed by atoms with Crippen LogP contribution < -0.4 is 5.56 Å². The first-order valence-corrected chi connectivity index (χ1v) is 6.38. The topological polar surface area (TPSA) is 62.8 Å². The van der Waals surface area contributed by atoms with Crippen LogP contribution in [0.5, 0.6) is 0 Å². The van der Waals surface area contributed by atoms with Crippen molar-refractivity contribution in [2.24, 2.45) is 0 Å². The molecule has 1 aromatic heterocycles. The number of nitrogens with zero attached hydrogens (tertiary/aromatic N) is 1. The zero-order chi connectivity index (χ0) is 13.8. The predicted octanol–water partition coefficient (Wildman–Crippen LogP) is 2.49. The van der Waals surface area contributed by atoms with Crippen LogP contribution in [0.4, 0.5) is 4.39 Å². The van der Waals surface area contributed by atoms with Crippen LogP contribution in [-0.4, -0.2) is 15.8 Å². The van der Waals surface area contributed by atoms with Crippen molar-refractivity contribution in [3.05, 3.63) is 62.5 Å². The summed E-state index contributed by atoms with van der Waals surface area (Å²) in [6, 6.07) is 5.37. The van der Waals surface area contributed by atoms with Crippen molar-refractivity contribution in [2.75, 3.05) is 0 Å². The maximum Gasteiger partial charge on any atom is 0.265 e. The van der Waals surface area contributed by atoms with Crippen LogP contribution in [0.1, 0.15) is 22.5 Å². The van der Waals surface area contributed by atoms with Gasteiger partial charge in [0, 0.05) is 12.0 Å². The van der Waals surface area contributed by atoms with Gasteiger partial charge in [0.25, 0.3) is 5.56 Å². The van der Waals surface area contributed by atoms with Crippen LogP contribution in [0.15, 0.2) is 39.9 Å². The molecule has 98 valence electrons. The van der Waals surface area contributed by atoms with E-state index in [4.69, 9.17) is 0 Å². The number of ketones is 1. The van der Waals surface area contributed by atoms with Crippen LogP contribution >= 0.6 is 15.9 Å². The van der Waals surface area contributed by atoms with Crippen LogP contribution in [0, 0.1) is 5.82 Å². The first-order valence-electron chi connectivity index (χ1n) is 5.59. The molecule has 0 radical (unpaired) electrons. The summed E-state index contributed by atoms with van der Waals surface area (Å²) in [7, 11) is 0. The molecule has 19 heavy (non-hydrogen) atoms. The number of aromatic amines is 1. The summed E-state index contributed by atoms with van der Waals surface area (Å²) in [5, 5.41) is 0. The van der Waals surface area contributed by atoms with E-state index >= 15 is 0 Å².